The van der Waals surface area contributed by atoms with Crippen molar-refractivity contribution >= 4 is 23.1 Å². The van der Waals surface area contributed by atoms with E-state index in [0.717, 1.165) is 0 Å². The monoisotopic (exact) mass is 202 g/mol. The summed E-state index contributed by atoms with van der Waals surface area (Å²) in [6, 6.07) is 0. The molecule has 0 aliphatic carbocycles. The second-order valence-electron chi connectivity index (χ2n) is 4.09. The van der Waals surface area contributed by atoms with Crippen molar-refractivity contribution in [3.05, 3.63) is 0 Å². The van der Waals surface area contributed by atoms with Crippen LogP contribution in [0.2, 0.25) is 0 Å². The predicted octanol–water partition coefficient (Wildman–Crippen LogP) is 1.18. The first-order valence-corrected chi connectivity index (χ1v) is 4.64. The zero-order chi connectivity index (χ0) is 10.6. The molecule has 0 aromatic heterocycles. The van der Waals surface area contributed by atoms with E-state index in [9.17, 15) is 4.79 Å². The van der Waals surface area contributed by atoms with Gasteiger partial charge in [0, 0.05) is 26.1 Å². The van der Waals surface area contributed by atoms with Gasteiger partial charge in [0.05, 0.1) is 0 Å². The summed E-state index contributed by atoms with van der Waals surface area (Å²) in [4.78, 5) is 12.7. The summed E-state index contributed by atoms with van der Waals surface area (Å²) in [7, 11) is 3.75. The van der Waals surface area contributed by atoms with Gasteiger partial charge in [0.1, 0.15) is 5.78 Å². The Morgan fingerprint density at radius 2 is 1.92 bits per heavy atom. The van der Waals surface area contributed by atoms with Crippen molar-refractivity contribution in [2.45, 2.75) is 32.7 Å². The zero-order valence-electron chi connectivity index (χ0n) is 8.97. The number of Topliss-reactive ketones (excluding diaryl/α,β-unsaturated/α-hetero) is 1. The van der Waals surface area contributed by atoms with Crippen molar-refractivity contribution in [1.29, 1.82) is 0 Å². The minimum atomic E-state index is -0.257. The Morgan fingerprint density at radius 1 is 1.46 bits per heavy atom. The molecule has 0 unspecified atom stereocenters. The van der Waals surface area contributed by atoms with E-state index in [1.54, 1.807) is 6.92 Å². The fraction of sp³-hybridized carbons (Fsp3) is 0.778. The lowest BCUT2D eigenvalue weighted by Gasteiger charge is -2.29. The Bertz CT molecular complexity index is 212. The first kappa shape index (κ1) is 12.4. The first-order valence-electron chi connectivity index (χ1n) is 4.23. The number of nitrogens with zero attached hydrogens (tertiary/aromatic N) is 1. The third-order valence-electron chi connectivity index (χ3n) is 1.54. The highest BCUT2D eigenvalue weighted by atomic mass is 32.1. The van der Waals surface area contributed by atoms with Crippen LogP contribution >= 0.6 is 12.2 Å². The lowest BCUT2D eigenvalue weighted by Crippen LogP contribution is -2.48. The summed E-state index contributed by atoms with van der Waals surface area (Å²) in [5.41, 5.74) is -0.257. The SMILES string of the molecule is CC(=O)CC(C)(C)NC(=S)N(C)C. The number of ketones is 1. The molecule has 13 heavy (non-hydrogen) atoms. The topological polar surface area (TPSA) is 32.3 Å². The average Bonchev–Trinajstić information content (AvgIpc) is 1.81. The van der Waals surface area contributed by atoms with Gasteiger partial charge in [-0.05, 0) is 33.0 Å². The lowest BCUT2D eigenvalue weighted by molar-refractivity contribution is -0.118. The smallest absolute Gasteiger partial charge is 0.168 e. The van der Waals surface area contributed by atoms with Crippen molar-refractivity contribution in [2.24, 2.45) is 0 Å². The summed E-state index contributed by atoms with van der Waals surface area (Å²) in [5, 5.41) is 3.78. The number of carbonyl (C=O) groups excluding carboxylic acids is 1. The molecular formula is C9H18N2OS. The summed E-state index contributed by atoms with van der Waals surface area (Å²) in [5.74, 6) is 0.166. The van der Waals surface area contributed by atoms with Crippen molar-refractivity contribution in [1.82, 2.24) is 10.2 Å². The van der Waals surface area contributed by atoms with E-state index in [0.29, 0.717) is 11.5 Å². The Kier molecular flexibility index (Phi) is 4.33. The number of hydrogen-bond donors (Lipinski definition) is 1. The van der Waals surface area contributed by atoms with E-state index in [4.69, 9.17) is 12.2 Å². The Hall–Kier alpha value is -0.640. The fourth-order valence-electron chi connectivity index (χ4n) is 1.07. The van der Waals surface area contributed by atoms with E-state index in [1.165, 1.54) is 0 Å². The highest BCUT2D eigenvalue weighted by Crippen LogP contribution is 2.08. The van der Waals surface area contributed by atoms with Crippen molar-refractivity contribution in [3.8, 4) is 0 Å². The van der Waals surface area contributed by atoms with Crippen LogP contribution in [0.4, 0.5) is 0 Å². The lowest BCUT2D eigenvalue weighted by atomic mass is 9.99. The third-order valence-corrected chi connectivity index (χ3v) is 2.01. The predicted molar refractivity (Wildman–Crippen MR) is 58.8 cm³/mol. The molecule has 3 nitrogen and oxygen atoms in total. The van der Waals surface area contributed by atoms with Gasteiger partial charge >= 0.3 is 0 Å². The summed E-state index contributed by atoms with van der Waals surface area (Å²) < 4.78 is 0. The Labute approximate surface area is 85.5 Å². The van der Waals surface area contributed by atoms with Gasteiger partial charge in [0.15, 0.2) is 5.11 Å². The molecule has 0 saturated carbocycles. The van der Waals surface area contributed by atoms with Gasteiger partial charge in [0.25, 0.3) is 0 Å². The average molecular weight is 202 g/mol. The van der Waals surface area contributed by atoms with E-state index >= 15 is 0 Å². The number of rotatable bonds is 3. The first-order chi connectivity index (χ1) is 5.74. The highest BCUT2D eigenvalue weighted by Gasteiger charge is 2.20. The number of thiocarbonyl (C=S) groups is 1. The van der Waals surface area contributed by atoms with Crippen LogP contribution in [0.25, 0.3) is 0 Å². The van der Waals surface area contributed by atoms with Gasteiger partial charge < -0.3 is 10.2 Å². The maximum Gasteiger partial charge on any atom is 0.168 e. The van der Waals surface area contributed by atoms with Gasteiger partial charge in [-0.1, -0.05) is 0 Å². The molecule has 4 heteroatoms. The van der Waals surface area contributed by atoms with E-state index in [-0.39, 0.29) is 11.3 Å². The van der Waals surface area contributed by atoms with E-state index < -0.39 is 0 Å². The minimum absolute atomic E-state index is 0.166. The van der Waals surface area contributed by atoms with Crippen LogP contribution < -0.4 is 5.32 Å². The Morgan fingerprint density at radius 3 is 2.23 bits per heavy atom. The molecule has 0 bridgehead atoms. The maximum absolute atomic E-state index is 10.9. The summed E-state index contributed by atoms with van der Waals surface area (Å²) in [6.45, 7) is 5.51. The van der Waals surface area contributed by atoms with Crippen LogP contribution in [-0.2, 0) is 4.79 Å². The molecule has 0 amide bonds. The zero-order valence-corrected chi connectivity index (χ0v) is 9.79. The molecule has 0 radical (unpaired) electrons. The van der Waals surface area contributed by atoms with Crippen LogP contribution in [0.15, 0.2) is 0 Å². The van der Waals surface area contributed by atoms with Gasteiger partial charge in [-0.15, -0.1) is 0 Å². The molecule has 0 aromatic carbocycles. The van der Waals surface area contributed by atoms with Crippen molar-refractivity contribution in [3.63, 3.8) is 0 Å². The quantitative estimate of drug-likeness (QED) is 0.697. The normalized spacial score (nSPS) is 10.8. The van der Waals surface area contributed by atoms with Gasteiger partial charge in [-0.25, -0.2) is 0 Å². The van der Waals surface area contributed by atoms with Gasteiger partial charge in [-0.2, -0.15) is 0 Å². The molecule has 0 aliphatic rings. The molecule has 1 N–H and O–H groups in total. The largest absolute Gasteiger partial charge is 0.357 e. The maximum atomic E-state index is 10.9. The van der Waals surface area contributed by atoms with Crippen molar-refractivity contribution < 1.29 is 4.79 Å². The van der Waals surface area contributed by atoms with Gasteiger partial charge in [-0.3, -0.25) is 4.79 Å². The van der Waals surface area contributed by atoms with E-state index in [2.05, 4.69) is 5.32 Å². The van der Waals surface area contributed by atoms with Crippen molar-refractivity contribution in [2.75, 3.05) is 14.1 Å². The molecule has 76 valence electrons. The van der Waals surface area contributed by atoms with Crippen LogP contribution in [0.5, 0.6) is 0 Å². The summed E-state index contributed by atoms with van der Waals surface area (Å²) >= 11 is 5.08. The second kappa shape index (κ2) is 4.56. The molecule has 0 spiro atoms. The van der Waals surface area contributed by atoms with E-state index in [1.807, 2.05) is 32.8 Å². The standard InChI is InChI=1S/C9H18N2OS/c1-7(12)6-9(2,3)10-8(13)11(4)5/h6H2,1-5H3,(H,10,13). The number of nitrogens with one attached hydrogen (secondary N) is 1. The second-order valence-corrected chi connectivity index (χ2v) is 4.47. The van der Waals surface area contributed by atoms with Crippen LogP contribution in [0, 0.1) is 0 Å². The molecular weight excluding hydrogens is 184 g/mol. The minimum Gasteiger partial charge on any atom is -0.357 e. The fourth-order valence-corrected chi connectivity index (χ4v) is 1.34. The Balaban J connectivity index is 4.16. The highest BCUT2D eigenvalue weighted by molar-refractivity contribution is 7.80. The van der Waals surface area contributed by atoms with Crippen LogP contribution in [0.3, 0.4) is 0 Å². The molecule has 0 saturated heterocycles. The molecule has 0 fully saturated rings. The number of carbonyl (C=O) groups is 1. The molecule has 0 rings (SSSR count). The van der Waals surface area contributed by atoms with Crippen LogP contribution in [-0.4, -0.2) is 35.4 Å². The molecule has 0 atom stereocenters. The molecule has 0 heterocycles. The van der Waals surface area contributed by atoms with Crippen LogP contribution in [0.1, 0.15) is 27.2 Å². The van der Waals surface area contributed by atoms with Gasteiger partial charge in [0.2, 0.25) is 0 Å². The number of hydrogen-bond acceptors (Lipinski definition) is 2. The summed E-state index contributed by atoms with van der Waals surface area (Å²) in [6.07, 6.45) is 0.487. The molecule has 0 aromatic rings. The third kappa shape index (κ3) is 5.58. The molecule has 0 aliphatic heterocycles.